The van der Waals surface area contributed by atoms with Crippen molar-refractivity contribution in [2.75, 3.05) is 6.61 Å². The van der Waals surface area contributed by atoms with E-state index in [-0.39, 0.29) is 0 Å². The number of ether oxygens (including phenoxy) is 2. The normalized spacial score (nSPS) is 17.5. The molecule has 0 unspecified atom stereocenters. The summed E-state index contributed by atoms with van der Waals surface area (Å²) in [5, 5.41) is 2.20. The Hall–Kier alpha value is -1.70. The molecule has 2 heterocycles. The van der Waals surface area contributed by atoms with Crippen LogP contribution in [-0.4, -0.2) is 6.61 Å². The predicted octanol–water partition coefficient (Wildman–Crippen LogP) is 0.477. The lowest BCUT2D eigenvalue weighted by Gasteiger charge is -2.09. The van der Waals surface area contributed by atoms with Gasteiger partial charge in [-0.25, -0.2) is 0 Å². The average Bonchev–Trinajstić information content (AvgIpc) is 2.65. The Morgan fingerprint density at radius 1 is 1.15 bits per heavy atom. The van der Waals surface area contributed by atoms with Crippen LogP contribution in [-0.2, 0) is 9.47 Å². The first-order valence-electron chi connectivity index (χ1n) is 4.25. The molecule has 2 nitrogen and oxygen atoms in total. The molecule has 0 saturated heterocycles. The van der Waals surface area contributed by atoms with E-state index in [4.69, 9.17) is 9.47 Å². The molecule has 0 fully saturated rings. The monoisotopic (exact) mass is 172 g/mol. The van der Waals surface area contributed by atoms with Crippen molar-refractivity contribution in [1.29, 1.82) is 0 Å². The summed E-state index contributed by atoms with van der Waals surface area (Å²) in [5.74, 6) is 1.72. The maximum absolute atomic E-state index is 5.46. The van der Waals surface area contributed by atoms with Gasteiger partial charge in [-0.3, -0.25) is 0 Å². The summed E-state index contributed by atoms with van der Waals surface area (Å²) in [6.07, 6.45) is 3.71. The van der Waals surface area contributed by atoms with Crippen LogP contribution in [0.1, 0.15) is 0 Å². The Bertz CT molecular complexity index is 497. The lowest BCUT2D eigenvalue weighted by molar-refractivity contribution is 0.313. The molecule has 0 radical (unpaired) electrons. The van der Waals surface area contributed by atoms with E-state index in [0.717, 1.165) is 22.0 Å². The topological polar surface area (TPSA) is 18.5 Å². The number of benzene rings is 1. The molecule has 0 aliphatic carbocycles. The molecule has 64 valence electrons. The summed E-state index contributed by atoms with van der Waals surface area (Å²) in [6, 6.07) is 8.05. The van der Waals surface area contributed by atoms with Crippen molar-refractivity contribution in [3.8, 4) is 0 Å². The largest absolute Gasteiger partial charge is 0.485 e. The third-order valence-electron chi connectivity index (χ3n) is 2.24. The Morgan fingerprint density at radius 2 is 2.08 bits per heavy atom. The Kier molecular flexibility index (Phi) is 1.25. The highest BCUT2D eigenvalue weighted by Gasteiger charge is 2.17. The molecule has 0 aromatic heterocycles. The zero-order valence-corrected chi connectivity index (χ0v) is 6.99. The Morgan fingerprint density at radius 3 is 3.08 bits per heavy atom. The van der Waals surface area contributed by atoms with Crippen molar-refractivity contribution < 1.29 is 9.47 Å². The highest BCUT2D eigenvalue weighted by atomic mass is 16.5. The highest BCUT2D eigenvalue weighted by Crippen LogP contribution is 2.20. The van der Waals surface area contributed by atoms with E-state index in [0.29, 0.717) is 6.61 Å². The molecule has 13 heavy (non-hydrogen) atoms. The van der Waals surface area contributed by atoms with Gasteiger partial charge in [-0.2, -0.15) is 0 Å². The first kappa shape index (κ1) is 6.78. The first-order valence-corrected chi connectivity index (χ1v) is 4.25. The van der Waals surface area contributed by atoms with Crippen LogP contribution in [0.25, 0.3) is 12.0 Å². The van der Waals surface area contributed by atoms with Crippen molar-refractivity contribution in [3.63, 3.8) is 0 Å². The molecule has 0 spiro atoms. The third kappa shape index (κ3) is 0.886. The summed E-state index contributed by atoms with van der Waals surface area (Å²) in [5.41, 5.74) is 0. The fraction of sp³-hybridized carbons (Fsp3) is 0.0909. The lowest BCUT2D eigenvalue weighted by Crippen LogP contribution is -2.30. The molecule has 1 aromatic rings. The summed E-state index contributed by atoms with van der Waals surface area (Å²) < 4.78 is 10.9. The standard InChI is InChI=1S/C11H8O2/c1-2-4-9-8(3-1)7-13-10-5-6-12-11(9)10/h1-5,7H,6H2. The molecule has 0 amide bonds. The van der Waals surface area contributed by atoms with E-state index in [2.05, 4.69) is 0 Å². The SMILES string of the molecule is C1=C2OC=c3ccccc3=C2OC1. The minimum absolute atomic E-state index is 0.618. The van der Waals surface area contributed by atoms with E-state index in [9.17, 15) is 0 Å². The van der Waals surface area contributed by atoms with Gasteiger partial charge in [-0.15, -0.1) is 0 Å². The molecule has 2 aliphatic rings. The first-order chi connectivity index (χ1) is 6.45. The lowest BCUT2D eigenvalue weighted by atomic mass is 10.2. The minimum Gasteiger partial charge on any atom is -0.485 e. The van der Waals surface area contributed by atoms with Crippen molar-refractivity contribution in [2.24, 2.45) is 0 Å². The average molecular weight is 172 g/mol. The van der Waals surface area contributed by atoms with Gasteiger partial charge in [0.05, 0.1) is 6.26 Å². The van der Waals surface area contributed by atoms with Gasteiger partial charge in [-0.05, 0) is 6.08 Å². The summed E-state index contributed by atoms with van der Waals surface area (Å²) in [7, 11) is 0. The van der Waals surface area contributed by atoms with Crippen LogP contribution in [0, 0.1) is 0 Å². The summed E-state index contributed by atoms with van der Waals surface area (Å²) in [6.45, 7) is 0.618. The third-order valence-corrected chi connectivity index (χ3v) is 2.24. The number of hydrogen-bond donors (Lipinski definition) is 0. The Labute approximate surface area is 75.4 Å². The van der Waals surface area contributed by atoms with Gasteiger partial charge in [0, 0.05) is 10.4 Å². The fourth-order valence-corrected chi connectivity index (χ4v) is 1.61. The Balaban J connectivity index is 2.46. The van der Waals surface area contributed by atoms with Crippen molar-refractivity contribution in [3.05, 3.63) is 46.5 Å². The number of hydrogen-bond acceptors (Lipinski definition) is 2. The number of rotatable bonds is 0. The van der Waals surface area contributed by atoms with E-state index in [1.54, 1.807) is 6.26 Å². The second-order valence-electron chi connectivity index (χ2n) is 3.03. The maximum Gasteiger partial charge on any atom is 0.169 e. The van der Waals surface area contributed by atoms with Gasteiger partial charge in [-0.1, -0.05) is 24.3 Å². The van der Waals surface area contributed by atoms with Crippen molar-refractivity contribution >= 4 is 12.0 Å². The minimum atomic E-state index is 0.618. The predicted molar refractivity (Wildman–Crippen MR) is 48.7 cm³/mol. The van der Waals surface area contributed by atoms with Crippen LogP contribution in [0.15, 0.2) is 36.1 Å². The molecule has 0 saturated carbocycles. The van der Waals surface area contributed by atoms with Crippen LogP contribution in [0.5, 0.6) is 0 Å². The van der Waals surface area contributed by atoms with Gasteiger partial charge in [0.25, 0.3) is 0 Å². The van der Waals surface area contributed by atoms with Crippen LogP contribution in [0.4, 0.5) is 0 Å². The van der Waals surface area contributed by atoms with E-state index >= 15 is 0 Å². The summed E-state index contributed by atoms with van der Waals surface area (Å²) in [4.78, 5) is 0. The van der Waals surface area contributed by atoms with Gasteiger partial charge in [0.2, 0.25) is 0 Å². The smallest absolute Gasteiger partial charge is 0.169 e. The molecular weight excluding hydrogens is 164 g/mol. The van der Waals surface area contributed by atoms with Gasteiger partial charge >= 0.3 is 0 Å². The van der Waals surface area contributed by atoms with Crippen molar-refractivity contribution in [2.45, 2.75) is 0 Å². The van der Waals surface area contributed by atoms with E-state index < -0.39 is 0 Å². The van der Waals surface area contributed by atoms with Crippen LogP contribution < -0.4 is 10.4 Å². The zero-order valence-electron chi connectivity index (χ0n) is 6.99. The van der Waals surface area contributed by atoms with Gasteiger partial charge in [0.1, 0.15) is 6.61 Å². The van der Waals surface area contributed by atoms with Gasteiger partial charge in [0.15, 0.2) is 11.5 Å². The molecule has 1 aromatic carbocycles. The number of fused-ring (bicyclic) bond motifs is 2. The van der Waals surface area contributed by atoms with E-state index in [1.807, 2.05) is 30.3 Å². The van der Waals surface area contributed by atoms with Crippen LogP contribution in [0.2, 0.25) is 0 Å². The molecule has 0 bridgehead atoms. The molecule has 2 heteroatoms. The van der Waals surface area contributed by atoms with Crippen molar-refractivity contribution in [1.82, 2.24) is 0 Å². The molecule has 0 atom stereocenters. The highest BCUT2D eigenvalue weighted by molar-refractivity contribution is 5.60. The molecular formula is C11H8O2. The fourth-order valence-electron chi connectivity index (χ4n) is 1.61. The molecule has 3 rings (SSSR count). The van der Waals surface area contributed by atoms with Gasteiger partial charge < -0.3 is 9.47 Å². The van der Waals surface area contributed by atoms with E-state index in [1.165, 1.54) is 0 Å². The second kappa shape index (κ2) is 2.39. The van der Waals surface area contributed by atoms with Crippen LogP contribution >= 0.6 is 0 Å². The second-order valence-corrected chi connectivity index (χ2v) is 3.03. The zero-order chi connectivity index (χ0) is 8.67. The summed E-state index contributed by atoms with van der Waals surface area (Å²) >= 11 is 0. The molecule has 2 aliphatic heterocycles. The molecule has 0 N–H and O–H groups in total. The maximum atomic E-state index is 5.46. The quantitative estimate of drug-likeness (QED) is 0.566. The van der Waals surface area contributed by atoms with Crippen LogP contribution in [0.3, 0.4) is 0 Å².